The molecule has 1 aromatic carbocycles. The predicted molar refractivity (Wildman–Crippen MR) is 72.2 cm³/mol. The van der Waals surface area contributed by atoms with E-state index < -0.39 is 5.97 Å². The van der Waals surface area contributed by atoms with Crippen molar-refractivity contribution < 1.29 is 9.90 Å². The van der Waals surface area contributed by atoms with Crippen LogP contribution in [0, 0.1) is 13.8 Å². The van der Waals surface area contributed by atoms with Crippen molar-refractivity contribution in [2.75, 3.05) is 0 Å². The third-order valence-electron chi connectivity index (χ3n) is 2.81. The summed E-state index contributed by atoms with van der Waals surface area (Å²) >= 11 is 12.0. The first-order chi connectivity index (χ1) is 8.41. The van der Waals surface area contributed by atoms with Crippen molar-refractivity contribution in [2.24, 2.45) is 0 Å². The van der Waals surface area contributed by atoms with E-state index in [0.29, 0.717) is 15.7 Å². The average molecular weight is 284 g/mol. The van der Waals surface area contributed by atoms with Gasteiger partial charge in [-0.3, -0.25) is 0 Å². The molecule has 5 heteroatoms. The number of halogens is 2. The molecule has 0 radical (unpaired) electrons. The SMILES string of the molecule is Cc1cc(C(=O)O)c(C)n1-c1ccc(Cl)cc1Cl. The Hall–Kier alpha value is -1.45. The van der Waals surface area contributed by atoms with Crippen molar-refractivity contribution in [1.82, 2.24) is 4.57 Å². The van der Waals surface area contributed by atoms with E-state index in [1.807, 2.05) is 11.5 Å². The number of nitrogens with zero attached hydrogens (tertiary/aromatic N) is 1. The minimum Gasteiger partial charge on any atom is -0.478 e. The quantitative estimate of drug-likeness (QED) is 0.902. The second-order valence-corrected chi connectivity index (χ2v) is 4.86. The number of rotatable bonds is 2. The first kappa shape index (κ1) is 13.0. The molecule has 0 atom stereocenters. The lowest BCUT2D eigenvalue weighted by atomic mass is 10.2. The van der Waals surface area contributed by atoms with E-state index in [1.165, 1.54) is 0 Å². The highest BCUT2D eigenvalue weighted by molar-refractivity contribution is 6.35. The number of carboxylic acid groups (broad SMARTS) is 1. The molecular weight excluding hydrogens is 273 g/mol. The fourth-order valence-corrected chi connectivity index (χ4v) is 2.51. The standard InChI is InChI=1S/C13H11Cl2NO2/c1-7-5-10(13(17)18)8(2)16(7)12-4-3-9(14)6-11(12)15/h3-6H,1-2H3,(H,17,18). The highest BCUT2D eigenvalue weighted by Gasteiger charge is 2.17. The highest BCUT2D eigenvalue weighted by Crippen LogP contribution is 2.28. The molecule has 2 aromatic rings. The molecule has 0 aliphatic carbocycles. The molecule has 94 valence electrons. The normalized spacial score (nSPS) is 10.7. The highest BCUT2D eigenvalue weighted by atomic mass is 35.5. The van der Waals surface area contributed by atoms with Crippen LogP contribution >= 0.6 is 23.2 Å². The summed E-state index contributed by atoms with van der Waals surface area (Å²) in [6.45, 7) is 3.59. The van der Waals surface area contributed by atoms with Crippen LogP contribution in [0.5, 0.6) is 0 Å². The van der Waals surface area contributed by atoms with Gasteiger partial charge in [0, 0.05) is 16.4 Å². The van der Waals surface area contributed by atoms with Crippen LogP contribution in [0.4, 0.5) is 0 Å². The smallest absolute Gasteiger partial charge is 0.337 e. The predicted octanol–water partition coefficient (Wildman–Crippen LogP) is 4.10. The molecular formula is C13H11Cl2NO2. The molecule has 0 aliphatic rings. The number of hydrogen-bond donors (Lipinski definition) is 1. The van der Waals surface area contributed by atoms with Crippen LogP contribution in [0.3, 0.4) is 0 Å². The maximum absolute atomic E-state index is 11.1. The van der Waals surface area contributed by atoms with Gasteiger partial charge in [-0.25, -0.2) is 4.79 Å². The van der Waals surface area contributed by atoms with Crippen LogP contribution in [0.15, 0.2) is 24.3 Å². The lowest BCUT2D eigenvalue weighted by molar-refractivity contribution is 0.0696. The second kappa shape index (κ2) is 4.67. The summed E-state index contributed by atoms with van der Waals surface area (Å²) in [5.74, 6) is -0.945. The van der Waals surface area contributed by atoms with E-state index in [1.54, 1.807) is 31.2 Å². The topological polar surface area (TPSA) is 42.2 Å². The van der Waals surface area contributed by atoms with Crippen molar-refractivity contribution >= 4 is 29.2 Å². The summed E-state index contributed by atoms with van der Waals surface area (Å²) < 4.78 is 1.81. The summed E-state index contributed by atoms with van der Waals surface area (Å²) in [5.41, 5.74) is 2.46. The number of aromatic carboxylic acids is 1. The zero-order valence-corrected chi connectivity index (χ0v) is 11.4. The summed E-state index contributed by atoms with van der Waals surface area (Å²) in [5, 5.41) is 10.1. The Morgan fingerprint density at radius 3 is 2.39 bits per heavy atom. The van der Waals surface area contributed by atoms with Crippen LogP contribution in [0.25, 0.3) is 5.69 Å². The van der Waals surface area contributed by atoms with Gasteiger partial charge in [0.25, 0.3) is 0 Å². The van der Waals surface area contributed by atoms with Crippen LogP contribution in [0.1, 0.15) is 21.7 Å². The molecule has 1 heterocycles. The van der Waals surface area contributed by atoms with Gasteiger partial charge >= 0.3 is 5.97 Å². The van der Waals surface area contributed by atoms with Crippen molar-refractivity contribution in [3.8, 4) is 5.69 Å². The molecule has 0 spiro atoms. The monoisotopic (exact) mass is 283 g/mol. The molecule has 0 aliphatic heterocycles. The van der Waals surface area contributed by atoms with Crippen LogP contribution < -0.4 is 0 Å². The maximum Gasteiger partial charge on any atom is 0.337 e. The van der Waals surface area contributed by atoms with Crippen LogP contribution in [-0.4, -0.2) is 15.6 Å². The minimum absolute atomic E-state index is 0.276. The van der Waals surface area contributed by atoms with Gasteiger partial charge in [-0.1, -0.05) is 23.2 Å². The van der Waals surface area contributed by atoms with Gasteiger partial charge in [0.05, 0.1) is 16.3 Å². The molecule has 3 nitrogen and oxygen atoms in total. The molecule has 1 aromatic heterocycles. The van der Waals surface area contributed by atoms with E-state index in [4.69, 9.17) is 28.3 Å². The Morgan fingerprint density at radius 1 is 1.22 bits per heavy atom. The molecule has 0 saturated carbocycles. The zero-order chi connectivity index (χ0) is 13.4. The fourth-order valence-electron chi connectivity index (χ4n) is 2.01. The summed E-state index contributed by atoms with van der Waals surface area (Å²) in [6.07, 6.45) is 0. The molecule has 0 amide bonds. The zero-order valence-electron chi connectivity index (χ0n) is 9.87. The van der Waals surface area contributed by atoms with Gasteiger partial charge < -0.3 is 9.67 Å². The van der Waals surface area contributed by atoms with Gasteiger partial charge in [0.1, 0.15) is 0 Å². The third-order valence-corrected chi connectivity index (χ3v) is 3.35. The van der Waals surface area contributed by atoms with Crippen molar-refractivity contribution in [3.63, 3.8) is 0 Å². The summed E-state index contributed by atoms with van der Waals surface area (Å²) in [6, 6.07) is 6.76. The van der Waals surface area contributed by atoms with Gasteiger partial charge in [-0.2, -0.15) is 0 Å². The fraction of sp³-hybridized carbons (Fsp3) is 0.154. The molecule has 18 heavy (non-hydrogen) atoms. The molecule has 0 unspecified atom stereocenters. The van der Waals surface area contributed by atoms with Crippen LogP contribution in [0.2, 0.25) is 10.0 Å². The van der Waals surface area contributed by atoms with Gasteiger partial charge in [-0.05, 0) is 38.1 Å². The van der Waals surface area contributed by atoms with E-state index in [-0.39, 0.29) is 5.56 Å². The van der Waals surface area contributed by atoms with Crippen molar-refractivity contribution in [2.45, 2.75) is 13.8 Å². The Kier molecular flexibility index (Phi) is 3.37. The average Bonchev–Trinajstić information content (AvgIpc) is 2.56. The number of benzene rings is 1. The number of hydrogen-bond acceptors (Lipinski definition) is 1. The molecule has 2 rings (SSSR count). The number of carboxylic acids is 1. The third kappa shape index (κ3) is 2.11. The van der Waals surface area contributed by atoms with Gasteiger partial charge in [0.15, 0.2) is 0 Å². The van der Waals surface area contributed by atoms with E-state index in [2.05, 4.69) is 0 Å². The first-order valence-corrected chi connectivity index (χ1v) is 6.05. The molecule has 1 N–H and O–H groups in total. The maximum atomic E-state index is 11.1. The molecule has 0 saturated heterocycles. The van der Waals surface area contributed by atoms with Crippen molar-refractivity contribution in [3.05, 3.63) is 51.3 Å². The lowest BCUT2D eigenvalue weighted by Gasteiger charge is -2.11. The van der Waals surface area contributed by atoms with Gasteiger partial charge in [0.2, 0.25) is 0 Å². The summed E-state index contributed by atoms with van der Waals surface area (Å²) in [4.78, 5) is 11.1. The number of aryl methyl sites for hydroxylation is 1. The Bertz CT molecular complexity index is 632. The van der Waals surface area contributed by atoms with Crippen LogP contribution in [-0.2, 0) is 0 Å². The van der Waals surface area contributed by atoms with E-state index in [9.17, 15) is 4.79 Å². The number of carbonyl (C=O) groups is 1. The van der Waals surface area contributed by atoms with Gasteiger partial charge in [-0.15, -0.1) is 0 Å². The first-order valence-electron chi connectivity index (χ1n) is 5.29. The molecule has 0 bridgehead atoms. The Balaban J connectivity index is 2.68. The Morgan fingerprint density at radius 2 is 1.89 bits per heavy atom. The minimum atomic E-state index is -0.945. The van der Waals surface area contributed by atoms with E-state index >= 15 is 0 Å². The largest absolute Gasteiger partial charge is 0.478 e. The Labute approximate surface area is 115 Å². The summed E-state index contributed by atoms with van der Waals surface area (Å²) in [7, 11) is 0. The molecule has 0 fully saturated rings. The second-order valence-electron chi connectivity index (χ2n) is 4.02. The van der Waals surface area contributed by atoms with Crippen molar-refractivity contribution in [1.29, 1.82) is 0 Å². The van der Waals surface area contributed by atoms with E-state index in [0.717, 1.165) is 11.4 Å². The number of aromatic nitrogens is 1. The lowest BCUT2D eigenvalue weighted by Crippen LogP contribution is -2.03.